The van der Waals surface area contributed by atoms with Gasteiger partial charge in [0.15, 0.2) is 11.6 Å². The van der Waals surface area contributed by atoms with E-state index in [2.05, 4.69) is 0 Å². The van der Waals surface area contributed by atoms with E-state index in [1.165, 1.54) is 6.07 Å². The molecule has 0 bridgehead atoms. The Hall–Kier alpha value is -2.17. The Bertz CT molecular complexity index is 622. The fraction of sp³-hybridized carbons (Fsp3) is 0. The average molecular weight is 254 g/mol. The maximum absolute atomic E-state index is 13.6. The predicted molar refractivity (Wildman–Crippen MR) is 57.2 cm³/mol. The molecule has 0 spiro atoms. The summed E-state index contributed by atoms with van der Waals surface area (Å²) < 4.78 is 51.7. The van der Waals surface area contributed by atoms with Crippen LogP contribution in [0.3, 0.4) is 0 Å². The third-order valence-electron chi connectivity index (χ3n) is 2.43. The van der Waals surface area contributed by atoms with Gasteiger partial charge in [0.1, 0.15) is 5.82 Å². The summed E-state index contributed by atoms with van der Waals surface area (Å²) in [6, 6.07) is 4.03. The average Bonchev–Trinajstić information content (AvgIpc) is 2.32. The van der Waals surface area contributed by atoms with Crippen LogP contribution in [0, 0.1) is 17.5 Å². The molecule has 92 valence electrons. The lowest BCUT2D eigenvalue weighted by molar-refractivity contribution is 0.0835. The van der Waals surface area contributed by atoms with Crippen LogP contribution in [-0.4, -0.2) is 6.04 Å². The number of halogens is 4. The zero-order chi connectivity index (χ0) is 13.3. The van der Waals surface area contributed by atoms with Gasteiger partial charge < -0.3 is 0 Å². The molecule has 0 amide bonds. The summed E-state index contributed by atoms with van der Waals surface area (Å²) in [6.45, 7) is 0. The van der Waals surface area contributed by atoms with Crippen molar-refractivity contribution in [1.29, 1.82) is 0 Å². The van der Waals surface area contributed by atoms with Crippen LogP contribution in [0.25, 0.3) is 11.1 Å². The molecule has 1 nitrogen and oxygen atoms in total. The highest BCUT2D eigenvalue weighted by atomic mass is 19.2. The van der Waals surface area contributed by atoms with Gasteiger partial charge in [0.2, 0.25) is 0 Å². The standard InChI is InChI=1S/C13H6F4O/c14-10-4-2-7(5-12(10)16)9-3-1-8(13(17)18)6-11(9)15/h1-6H. The van der Waals surface area contributed by atoms with E-state index in [9.17, 15) is 22.4 Å². The van der Waals surface area contributed by atoms with E-state index in [4.69, 9.17) is 0 Å². The summed E-state index contributed by atoms with van der Waals surface area (Å²) in [5.41, 5.74) is -0.373. The molecule has 0 atom stereocenters. The largest absolute Gasteiger partial charge is 0.332 e. The van der Waals surface area contributed by atoms with Gasteiger partial charge in [-0.3, -0.25) is 4.79 Å². The Balaban J connectivity index is 2.51. The van der Waals surface area contributed by atoms with Crippen LogP contribution in [0.4, 0.5) is 17.6 Å². The molecule has 0 unspecified atom stereocenters. The summed E-state index contributed by atoms with van der Waals surface area (Å²) in [5.74, 6) is -3.04. The van der Waals surface area contributed by atoms with E-state index in [1.54, 1.807) is 0 Å². The maximum atomic E-state index is 13.6. The number of benzene rings is 2. The lowest BCUT2D eigenvalue weighted by atomic mass is 10.0. The minimum absolute atomic E-state index is 0.0427. The molecule has 2 aromatic carbocycles. The van der Waals surface area contributed by atoms with Crippen molar-refractivity contribution in [1.82, 2.24) is 0 Å². The Morgan fingerprint density at radius 1 is 0.833 bits per heavy atom. The van der Waals surface area contributed by atoms with Gasteiger partial charge in [-0.15, -0.1) is 0 Å². The Morgan fingerprint density at radius 2 is 1.56 bits per heavy atom. The van der Waals surface area contributed by atoms with Crippen LogP contribution in [0.1, 0.15) is 10.4 Å². The minimum atomic E-state index is -1.76. The van der Waals surface area contributed by atoms with Crippen molar-refractivity contribution < 1.29 is 22.4 Å². The fourth-order valence-electron chi connectivity index (χ4n) is 1.54. The molecule has 0 aliphatic carbocycles. The van der Waals surface area contributed by atoms with Crippen molar-refractivity contribution in [2.45, 2.75) is 0 Å². The molecule has 0 heterocycles. The zero-order valence-corrected chi connectivity index (χ0v) is 8.88. The highest BCUT2D eigenvalue weighted by molar-refractivity contribution is 5.89. The van der Waals surface area contributed by atoms with E-state index in [-0.39, 0.29) is 11.1 Å². The van der Waals surface area contributed by atoms with Crippen LogP contribution < -0.4 is 0 Å². The van der Waals surface area contributed by atoms with Crippen molar-refractivity contribution in [3.8, 4) is 11.1 Å². The van der Waals surface area contributed by atoms with E-state index in [0.717, 1.165) is 24.3 Å². The SMILES string of the molecule is O=C(F)c1ccc(-c2ccc(F)c(F)c2)c(F)c1. The topological polar surface area (TPSA) is 17.1 Å². The Morgan fingerprint density at radius 3 is 2.11 bits per heavy atom. The van der Waals surface area contributed by atoms with Gasteiger partial charge in [0.25, 0.3) is 0 Å². The summed E-state index contributed by atoms with van der Waals surface area (Å²) in [6.07, 6.45) is 0. The van der Waals surface area contributed by atoms with Crippen LogP contribution >= 0.6 is 0 Å². The van der Waals surface area contributed by atoms with Gasteiger partial charge >= 0.3 is 6.04 Å². The Kier molecular flexibility index (Phi) is 3.14. The van der Waals surface area contributed by atoms with Crippen molar-refractivity contribution in [3.63, 3.8) is 0 Å². The summed E-state index contributed by atoms with van der Waals surface area (Å²) in [5, 5.41) is 0. The van der Waals surface area contributed by atoms with Crippen LogP contribution in [0.2, 0.25) is 0 Å². The molecule has 2 rings (SSSR count). The monoisotopic (exact) mass is 254 g/mol. The maximum Gasteiger partial charge on any atom is 0.332 e. The van der Waals surface area contributed by atoms with Gasteiger partial charge in [-0.05, 0) is 29.8 Å². The first-order valence-electron chi connectivity index (χ1n) is 4.94. The smallest absolute Gasteiger partial charge is 0.255 e. The first kappa shape index (κ1) is 12.3. The van der Waals surface area contributed by atoms with Crippen LogP contribution in [0.15, 0.2) is 36.4 Å². The fourth-order valence-corrected chi connectivity index (χ4v) is 1.54. The molecule has 0 aromatic heterocycles. The Labute approximate surface area is 99.7 Å². The first-order valence-corrected chi connectivity index (χ1v) is 4.94. The van der Waals surface area contributed by atoms with Crippen molar-refractivity contribution >= 4 is 6.04 Å². The summed E-state index contributed by atoms with van der Waals surface area (Å²) in [7, 11) is 0. The number of hydrogen-bond acceptors (Lipinski definition) is 1. The quantitative estimate of drug-likeness (QED) is 0.587. The molecule has 0 saturated heterocycles. The highest BCUT2D eigenvalue weighted by Crippen LogP contribution is 2.25. The molecule has 5 heteroatoms. The molecule has 0 saturated carbocycles. The van der Waals surface area contributed by atoms with E-state index >= 15 is 0 Å². The molecule has 0 aliphatic heterocycles. The van der Waals surface area contributed by atoms with Gasteiger partial charge in [-0.25, -0.2) is 13.2 Å². The van der Waals surface area contributed by atoms with E-state index < -0.39 is 29.1 Å². The lowest BCUT2D eigenvalue weighted by Crippen LogP contribution is -1.94. The second kappa shape index (κ2) is 4.60. The highest BCUT2D eigenvalue weighted by Gasteiger charge is 2.12. The summed E-state index contributed by atoms with van der Waals surface area (Å²) >= 11 is 0. The second-order valence-corrected chi connectivity index (χ2v) is 3.60. The zero-order valence-electron chi connectivity index (χ0n) is 8.88. The van der Waals surface area contributed by atoms with E-state index in [1.807, 2.05) is 0 Å². The van der Waals surface area contributed by atoms with Crippen molar-refractivity contribution in [2.75, 3.05) is 0 Å². The second-order valence-electron chi connectivity index (χ2n) is 3.60. The molecular formula is C13H6F4O. The van der Waals surface area contributed by atoms with Crippen LogP contribution in [-0.2, 0) is 0 Å². The van der Waals surface area contributed by atoms with Crippen molar-refractivity contribution in [2.24, 2.45) is 0 Å². The number of carbonyl (C=O) groups is 1. The van der Waals surface area contributed by atoms with Gasteiger partial charge in [-0.2, -0.15) is 4.39 Å². The third-order valence-corrected chi connectivity index (χ3v) is 2.43. The summed E-state index contributed by atoms with van der Waals surface area (Å²) in [4.78, 5) is 10.4. The number of rotatable bonds is 2. The molecule has 2 aromatic rings. The molecule has 18 heavy (non-hydrogen) atoms. The molecule has 0 N–H and O–H groups in total. The molecule has 0 fully saturated rings. The van der Waals surface area contributed by atoms with Crippen LogP contribution in [0.5, 0.6) is 0 Å². The number of hydrogen-bond donors (Lipinski definition) is 0. The number of carbonyl (C=O) groups excluding carboxylic acids is 1. The molecule has 0 radical (unpaired) electrons. The van der Waals surface area contributed by atoms with Gasteiger partial charge in [-0.1, -0.05) is 12.1 Å². The normalized spacial score (nSPS) is 10.4. The van der Waals surface area contributed by atoms with E-state index in [0.29, 0.717) is 6.07 Å². The molecule has 0 aliphatic rings. The molecular weight excluding hydrogens is 248 g/mol. The van der Waals surface area contributed by atoms with Gasteiger partial charge in [0, 0.05) is 5.56 Å². The third kappa shape index (κ3) is 2.25. The lowest BCUT2D eigenvalue weighted by Gasteiger charge is -2.05. The minimum Gasteiger partial charge on any atom is -0.255 e. The predicted octanol–water partition coefficient (Wildman–Crippen LogP) is 3.88. The van der Waals surface area contributed by atoms with Gasteiger partial charge in [0.05, 0.1) is 5.56 Å². The van der Waals surface area contributed by atoms with Crippen molar-refractivity contribution in [3.05, 3.63) is 59.4 Å². The first-order chi connectivity index (χ1) is 8.49.